The molecule has 0 aromatic heterocycles. The average Bonchev–Trinajstić information content (AvgIpc) is 2.37. The summed E-state index contributed by atoms with van der Waals surface area (Å²) in [6, 6.07) is 0. The molecule has 0 radical (unpaired) electrons. The van der Waals surface area contributed by atoms with Crippen LogP contribution >= 0.6 is 0 Å². The van der Waals surface area contributed by atoms with Crippen molar-refractivity contribution >= 4 is 5.91 Å². The minimum Gasteiger partial charge on any atom is -0.368 e. The molecule has 106 valence electrons. The van der Waals surface area contributed by atoms with Gasteiger partial charge in [0.2, 0.25) is 5.91 Å². The first-order valence-corrected chi connectivity index (χ1v) is 7.15. The van der Waals surface area contributed by atoms with E-state index in [2.05, 4.69) is 17.3 Å². The van der Waals surface area contributed by atoms with Gasteiger partial charge < -0.3 is 16.0 Å². The molecule has 0 saturated heterocycles. The van der Waals surface area contributed by atoms with Crippen molar-refractivity contribution in [1.82, 2.24) is 10.2 Å². The van der Waals surface area contributed by atoms with Gasteiger partial charge in [-0.25, -0.2) is 0 Å². The van der Waals surface area contributed by atoms with Crippen molar-refractivity contribution < 1.29 is 4.79 Å². The Balaban J connectivity index is 2.31. The molecule has 0 bridgehead atoms. The van der Waals surface area contributed by atoms with Crippen LogP contribution in [0, 0.1) is 5.92 Å². The Morgan fingerprint density at radius 1 is 1.39 bits per heavy atom. The van der Waals surface area contributed by atoms with Crippen LogP contribution in [0.2, 0.25) is 0 Å². The number of nitrogens with zero attached hydrogens (tertiary/aromatic N) is 1. The summed E-state index contributed by atoms with van der Waals surface area (Å²) in [5.41, 5.74) is 4.85. The van der Waals surface area contributed by atoms with Gasteiger partial charge in [-0.2, -0.15) is 0 Å². The minimum atomic E-state index is -0.583. The molecule has 1 aliphatic rings. The second-order valence-electron chi connectivity index (χ2n) is 5.96. The van der Waals surface area contributed by atoms with Gasteiger partial charge in [0.1, 0.15) is 0 Å². The molecule has 1 amide bonds. The second-order valence-corrected chi connectivity index (χ2v) is 5.96. The number of amides is 1. The number of nitrogens with two attached hydrogens (primary N) is 1. The number of primary amides is 1. The van der Waals surface area contributed by atoms with Crippen molar-refractivity contribution in [3.63, 3.8) is 0 Å². The SMILES string of the molecule is CNC(C)(CCN(C)CC1CCCCC1)C(N)=O. The quantitative estimate of drug-likeness (QED) is 0.722. The maximum absolute atomic E-state index is 11.4. The summed E-state index contributed by atoms with van der Waals surface area (Å²) in [5, 5.41) is 3.04. The first kappa shape index (κ1) is 15.4. The van der Waals surface area contributed by atoms with Crippen LogP contribution in [-0.4, -0.2) is 43.5 Å². The predicted octanol–water partition coefficient (Wildman–Crippen LogP) is 1.35. The Bertz CT molecular complexity index is 264. The number of hydrogen-bond acceptors (Lipinski definition) is 3. The number of hydrogen-bond donors (Lipinski definition) is 2. The maximum atomic E-state index is 11.4. The standard InChI is InChI=1S/C14H29N3O/c1-14(16-2,13(15)18)9-10-17(3)11-12-7-5-4-6-8-12/h12,16H,4-11H2,1-3H3,(H2,15,18). The molecule has 0 aliphatic heterocycles. The summed E-state index contributed by atoms with van der Waals surface area (Å²) in [6.45, 7) is 3.94. The van der Waals surface area contributed by atoms with E-state index in [1.807, 2.05) is 6.92 Å². The van der Waals surface area contributed by atoms with E-state index in [1.54, 1.807) is 7.05 Å². The molecule has 18 heavy (non-hydrogen) atoms. The van der Waals surface area contributed by atoms with Gasteiger partial charge >= 0.3 is 0 Å². The van der Waals surface area contributed by atoms with Crippen molar-refractivity contribution in [3.8, 4) is 0 Å². The molecule has 0 aromatic carbocycles. The lowest BCUT2D eigenvalue weighted by Gasteiger charge is -2.31. The fraction of sp³-hybridized carbons (Fsp3) is 0.929. The van der Waals surface area contributed by atoms with Crippen LogP contribution in [0.5, 0.6) is 0 Å². The van der Waals surface area contributed by atoms with Crippen molar-refractivity contribution in [2.75, 3.05) is 27.2 Å². The number of nitrogens with one attached hydrogen (secondary N) is 1. The van der Waals surface area contributed by atoms with Gasteiger partial charge in [0.15, 0.2) is 0 Å². The van der Waals surface area contributed by atoms with Crippen molar-refractivity contribution in [1.29, 1.82) is 0 Å². The Labute approximate surface area is 111 Å². The lowest BCUT2D eigenvalue weighted by molar-refractivity contribution is -0.124. The van der Waals surface area contributed by atoms with Crippen LogP contribution in [0.3, 0.4) is 0 Å². The molecular weight excluding hydrogens is 226 g/mol. The molecule has 1 saturated carbocycles. The fourth-order valence-electron chi connectivity index (χ4n) is 2.69. The second kappa shape index (κ2) is 7.10. The van der Waals surface area contributed by atoms with Gasteiger partial charge in [0.05, 0.1) is 5.54 Å². The lowest BCUT2D eigenvalue weighted by atomic mass is 9.89. The van der Waals surface area contributed by atoms with Crippen LogP contribution in [0.15, 0.2) is 0 Å². The third kappa shape index (κ3) is 4.58. The van der Waals surface area contributed by atoms with Crippen LogP contribution in [0.4, 0.5) is 0 Å². The maximum Gasteiger partial charge on any atom is 0.237 e. The van der Waals surface area contributed by atoms with E-state index >= 15 is 0 Å². The van der Waals surface area contributed by atoms with Gasteiger partial charge in [0.25, 0.3) is 0 Å². The molecule has 1 aliphatic carbocycles. The number of carbonyl (C=O) groups is 1. The minimum absolute atomic E-state index is 0.268. The van der Waals surface area contributed by atoms with Gasteiger partial charge in [-0.15, -0.1) is 0 Å². The molecule has 1 fully saturated rings. The van der Waals surface area contributed by atoms with E-state index < -0.39 is 5.54 Å². The van der Waals surface area contributed by atoms with Crippen molar-refractivity contribution in [3.05, 3.63) is 0 Å². The molecule has 0 heterocycles. The molecule has 0 aromatic rings. The molecule has 4 nitrogen and oxygen atoms in total. The molecule has 1 unspecified atom stereocenters. The summed E-state index contributed by atoms with van der Waals surface area (Å²) in [6.07, 6.45) is 7.66. The molecule has 4 heteroatoms. The molecule has 1 rings (SSSR count). The Kier molecular flexibility index (Phi) is 6.09. The van der Waals surface area contributed by atoms with Crippen molar-refractivity contribution in [2.24, 2.45) is 11.7 Å². The van der Waals surface area contributed by atoms with E-state index in [-0.39, 0.29) is 5.91 Å². The highest BCUT2D eigenvalue weighted by Gasteiger charge is 2.29. The summed E-state index contributed by atoms with van der Waals surface area (Å²) in [5.74, 6) is 0.578. The normalized spacial score (nSPS) is 20.9. The van der Waals surface area contributed by atoms with Gasteiger partial charge in [-0.1, -0.05) is 19.3 Å². The van der Waals surface area contributed by atoms with E-state index in [9.17, 15) is 4.79 Å². The van der Waals surface area contributed by atoms with Crippen LogP contribution in [0.25, 0.3) is 0 Å². The summed E-state index contributed by atoms with van der Waals surface area (Å²) < 4.78 is 0. The molecule has 0 spiro atoms. The van der Waals surface area contributed by atoms with E-state index in [0.29, 0.717) is 0 Å². The predicted molar refractivity (Wildman–Crippen MR) is 75.3 cm³/mol. The van der Waals surface area contributed by atoms with E-state index in [1.165, 1.54) is 32.1 Å². The molecular formula is C14H29N3O. The highest BCUT2D eigenvalue weighted by Crippen LogP contribution is 2.24. The van der Waals surface area contributed by atoms with Gasteiger partial charge in [0, 0.05) is 13.1 Å². The zero-order valence-electron chi connectivity index (χ0n) is 12.2. The fourth-order valence-corrected chi connectivity index (χ4v) is 2.69. The third-order valence-corrected chi connectivity index (χ3v) is 4.38. The van der Waals surface area contributed by atoms with Crippen LogP contribution < -0.4 is 11.1 Å². The molecule has 1 atom stereocenters. The van der Waals surface area contributed by atoms with Gasteiger partial charge in [-0.3, -0.25) is 4.79 Å². The Hall–Kier alpha value is -0.610. The lowest BCUT2D eigenvalue weighted by Crippen LogP contribution is -2.53. The van der Waals surface area contributed by atoms with E-state index in [4.69, 9.17) is 5.73 Å². The largest absolute Gasteiger partial charge is 0.368 e. The first-order valence-electron chi connectivity index (χ1n) is 7.15. The number of likely N-dealkylation sites (N-methyl/N-ethyl adjacent to an activating group) is 1. The third-order valence-electron chi connectivity index (χ3n) is 4.38. The van der Waals surface area contributed by atoms with Gasteiger partial charge in [-0.05, 0) is 46.2 Å². The topological polar surface area (TPSA) is 58.4 Å². The van der Waals surface area contributed by atoms with Crippen molar-refractivity contribution in [2.45, 2.75) is 51.0 Å². The molecule has 3 N–H and O–H groups in total. The summed E-state index contributed by atoms with van der Waals surface area (Å²) in [4.78, 5) is 13.7. The number of rotatable bonds is 7. The smallest absolute Gasteiger partial charge is 0.237 e. The monoisotopic (exact) mass is 255 g/mol. The zero-order valence-corrected chi connectivity index (χ0v) is 12.2. The zero-order chi connectivity index (χ0) is 13.6. The number of carbonyl (C=O) groups excluding carboxylic acids is 1. The highest BCUT2D eigenvalue weighted by molar-refractivity contribution is 5.84. The Morgan fingerprint density at radius 3 is 2.50 bits per heavy atom. The highest BCUT2D eigenvalue weighted by atomic mass is 16.1. The van der Waals surface area contributed by atoms with Crippen LogP contribution in [-0.2, 0) is 4.79 Å². The Morgan fingerprint density at radius 2 is 2.00 bits per heavy atom. The van der Waals surface area contributed by atoms with E-state index in [0.717, 1.165) is 25.4 Å². The summed E-state index contributed by atoms with van der Waals surface area (Å²) in [7, 11) is 3.94. The summed E-state index contributed by atoms with van der Waals surface area (Å²) >= 11 is 0. The first-order chi connectivity index (χ1) is 8.48. The van der Waals surface area contributed by atoms with Crippen LogP contribution in [0.1, 0.15) is 45.4 Å². The average molecular weight is 255 g/mol.